The maximum Gasteiger partial charge on any atom is 0.290 e. The standard InChI is InChI=1S/C15H12N4O3S/c1-8-6-11(23-7-8)14(21)18-19-15(22)12-9-4-2-3-5-10(9)13(20)17-16-12/h2-7H,1H3,(H,17,20)(H,18,21)(H,19,22). The summed E-state index contributed by atoms with van der Waals surface area (Å²) in [5.41, 5.74) is 5.25. The van der Waals surface area contributed by atoms with E-state index in [1.807, 2.05) is 12.3 Å². The topological polar surface area (TPSA) is 104 Å². The summed E-state index contributed by atoms with van der Waals surface area (Å²) in [6.07, 6.45) is 0. The van der Waals surface area contributed by atoms with Gasteiger partial charge < -0.3 is 0 Å². The number of thiophene rings is 1. The van der Waals surface area contributed by atoms with E-state index in [0.29, 0.717) is 15.6 Å². The molecule has 23 heavy (non-hydrogen) atoms. The summed E-state index contributed by atoms with van der Waals surface area (Å²) in [7, 11) is 0. The first-order chi connectivity index (χ1) is 11.1. The number of nitrogens with zero attached hydrogens (tertiary/aromatic N) is 1. The number of nitrogens with one attached hydrogen (secondary N) is 3. The monoisotopic (exact) mass is 328 g/mol. The zero-order chi connectivity index (χ0) is 16.4. The first-order valence-corrected chi connectivity index (χ1v) is 7.57. The van der Waals surface area contributed by atoms with Crippen molar-refractivity contribution in [1.29, 1.82) is 0 Å². The fourth-order valence-electron chi connectivity index (χ4n) is 2.07. The summed E-state index contributed by atoms with van der Waals surface area (Å²) >= 11 is 1.28. The number of hydrogen-bond acceptors (Lipinski definition) is 5. The van der Waals surface area contributed by atoms with Crippen molar-refractivity contribution in [1.82, 2.24) is 21.0 Å². The SMILES string of the molecule is Cc1csc(C(=O)NNC(=O)c2n[nH]c(=O)c3ccccc23)c1. The smallest absolute Gasteiger partial charge is 0.267 e. The van der Waals surface area contributed by atoms with Gasteiger partial charge in [-0.15, -0.1) is 11.3 Å². The summed E-state index contributed by atoms with van der Waals surface area (Å²) in [6.45, 7) is 1.88. The number of H-pyrrole nitrogens is 1. The lowest BCUT2D eigenvalue weighted by Gasteiger charge is -2.07. The first-order valence-electron chi connectivity index (χ1n) is 6.69. The Labute approximate surface area is 134 Å². The molecule has 0 bridgehead atoms. The van der Waals surface area contributed by atoms with Gasteiger partial charge in [0.05, 0.1) is 10.3 Å². The van der Waals surface area contributed by atoms with Crippen molar-refractivity contribution in [2.24, 2.45) is 0 Å². The fraction of sp³-hybridized carbons (Fsp3) is 0.0667. The van der Waals surface area contributed by atoms with Crippen LogP contribution in [-0.4, -0.2) is 22.0 Å². The van der Waals surface area contributed by atoms with Crippen LogP contribution in [0.15, 0.2) is 40.5 Å². The van der Waals surface area contributed by atoms with Crippen molar-refractivity contribution in [3.8, 4) is 0 Å². The molecule has 7 nitrogen and oxygen atoms in total. The van der Waals surface area contributed by atoms with Gasteiger partial charge in [-0.05, 0) is 30.0 Å². The van der Waals surface area contributed by atoms with Crippen LogP contribution in [0.25, 0.3) is 10.8 Å². The van der Waals surface area contributed by atoms with Crippen LogP contribution in [0.2, 0.25) is 0 Å². The lowest BCUT2D eigenvalue weighted by molar-refractivity contribution is 0.0846. The molecule has 0 spiro atoms. The molecule has 0 unspecified atom stereocenters. The number of fused-ring (bicyclic) bond motifs is 1. The van der Waals surface area contributed by atoms with Gasteiger partial charge in [0.15, 0.2) is 5.69 Å². The van der Waals surface area contributed by atoms with Crippen LogP contribution in [-0.2, 0) is 0 Å². The molecular formula is C15H12N4O3S. The van der Waals surface area contributed by atoms with Crippen LogP contribution in [0.4, 0.5) is 0 Å². The molecule has 116 valence electrons. The maximum absolute atomic E-state index is 12.2. The van der Waals surface area contributed by atoms with Crippen molar-refractivity contribution in [2.45, 2.75) is 6.92 Å². The second-order valence-corrected chi connectivity index (χ2v) is 5.75. The van der Waals surface area contributed by atoms with E-state index in [9.17, 15) is 14.4 Å². The molecule has 0 saturated heterocycles. The zero-order valence-electron chi connectivity index (χ0n) is 12.0. The summed E-state index contributed by atoms with van der Waals surface area (Å²) in [4.78, 5) is 36.3. The quantitative estimate of drug-likeness (QED) is 0.618. The van der Waals surface area contributed by atoms with Gasteiger partial charge in [-0.25, -0.2) is 5.10 Å². The molecule has 2 aromatic heterocycles. The zero-order valence-corrected chi connectivity index (χ0v) is 12.9. The number of hydrazine groups is 1. The fourth-order valence-corrected chi connectivity index (χ4v) is 2.87. The van der Waals surface area contributed by atoms with Crippen molar-refractivity contribution in [2.75, 3.05) is 0 Å². The van der Waals surface area contributed by atoms with Gasteiger partial charge in [0.2, 0.25) is 0 Å². The average molecular weight is 328 g/mol. The van der Waals surface area contributed by atoms with Gasteiger partial charge in [-0.2, -0.15) is 5.10 Å². The Morgan fingerprint density at radius 3 is 2.52 bits per heavy atom. The highest BCUT2D eigenvalue weighted by molar-refractivity contribution is 7.12. The van der Waals surface area contributed by atoms with E-state index in [1.54, 1.807) is 30.3 Å². The molecule has 0 aliphatic heterocycles. The second-order valence-electron chi connectivity index (χ2n) is 4.84. The normalized spacial score (nSPS) is 10.5. The van der Waals surface area contributed by atoms with E-state index < -0.39 is 11.8 Å². The van der Waals surface area contributed by atoms with Gasteiger partial charge in [0, 0.05) is 5.39 Å². The second kappa shape index (κ2) is 6.01. The Kier molecular flexibility index (Phi) is 3.90. The minimum absolute atomic E-state index is 0.0304. The van der Waals surface area contributed by atoms with Crippen molar-refractivity contribution in [3.05, 3.63) is 62.2 Å². The Morgan fingerprint density at radius 2 is 1.83 bits per heavy atom. The largest absolute Gasteiger partial charge is 0.290 e. The van der Waals surface area contributed by atoms with Gasteiger partial charge in [0.1, 0.15) is 0 Å². The van der Waals surface area contributed by atoms with Crippen LogP contribution < -0.4 is 16.4 Å². The molecule has 0 aliphatic rings. The molecular weight excluding hydrogens is 316 g/mol. The molecule has 8 heteroatoms. The molecule has 3 rings (SSSR count). The van der Waals surface area contributed by atoms with Crippen molar-refractivity contribution >= 4 is 33.9 Å². The minimum Gasteiger partial charge on any atom is -0.267 e. The number of amides is 2. The van der Waals surface area contributed by atoms with Crippen LogP contribution >= 0.6 is 11.3 Å². The average Bonchev–Trinajstić information content (AvgIpc) is 2.99. The molecule has 1 aromatic carbocycles. The molecule has 3 aromatic rings. The highest BCUT2D eigenvalue weighted by Crippen LogP contribution is 2.13. The predicted octanol–water partition coefficient (Wildman–Crippen LogP) is 1.37. The van der Waals surface area contributed by atoms with Gasteiger partial charge >= 0.3 is 0 Å². The third kappa shape index (κ3) is 2.97. The summed E-state index contributed by atoms with van der Waals surface area (Å²) in [6, 6.07) is 8.34. The van der Waals surface area contributed by atoms with Crippen molar-refractivity contribution < 1.29 is 9.59 Å². The van der Waals surface area contributed by atoms with Gasteiger partial charge in [0.25, 0.3) is 17.4 Å². The first kappa shape index (κ1) is 14.9. The number of hydrogen-bond donors (Lipinski definition) is 3. The lowest BCUT2D eigenvalue weighted by Crippen LogP contribution is -2.42. The summed E-state index contributed by atoms with van der Waals surface area (Å²) in [5, 5.41) is 8.64. The molecule has 0 atom stereocenters. The third-order valence-electron chi connectivity index (χ3n) is 3.16. The predicted molar refractivity (Wildman–Crippen MR) is 86.4 cm³/mol. The van der Waals surface area contributed by atoms with E-state index in [2.05, 4.69) is 21.0 Å². The Morgan fingerprint density at radius 1 is 1.13 bits per heavy atom. The number of carbonyl (C=O) groups excluding carboxylic acids is 2. The number of aromatic nitrogens is 2. The third-order valence-corrected chi connectivity index (χ3v) is 4.20. The number of rotatable bonds is 2. The molecule has 2 amide bonds. The molecule has 0 saturated carbocycles. The van der Waals surface area contributed by atoms with E-state index in [0.717, 1.165) is 5.56 Å². The Balaban J connectivity index is 1.80. The number of aryl methyl sites for hydroxylation is 1. The van der Waals surface area contributed by atoms with E-state index in [-0.39, 0.29) is 11.3 Å². The van der Waals surface area contributed by atoms with Gasteiger partial charge in [-0.1, -0.05) is 18.2 Å². The number of aromatic amines is 1. The Hall–Kier alpha value is -3.00. The van der Waals surface area contributed by atoms with E-state index in [4.69, 9.17) is 0 Å². The number of benzene rings is 1. The summed E-state index contributed by atoms with van der Waals surface area (Å²) in [5.74, 6) is -1.02. The highest BCUT2D eigenvalue weighted by atomic mass is 32.1. The van der Waals surface area contributed by atoms with Crippen LogP contribution in [0, 0.1) is 6.92 Å². The van der Waals surface area contributed by atoms with Gasteiger partial charge in [-0.3, -0.25) is 25.2 Å². The molecule has 0 aliphatic carbocycles. The molecule has 0 fully saturated rings. The number of carbonyl (C=O) groups is 2. The van der Waals surface area contributed by atoms with Crippen molar-refractivity contribution in [3.63, 3.8) is 0 Å². The Bertz CT molecular complexity index is 961. The molecule has 2 heterocycles. The minimum atomic E-state index is -0.612. The summed E-state index contributed by atoms with van der Waals surface area (Å²) < 4.78 is 0. The van der Waals surface area contributed by atoms with Crippen LogP contribution in [0.5, 0.6) is 0 Å². The lowest BCUT2D eigenvalue weighted by atomic mass is 10.1. The van der Waals surface area contributed by atoms with Crippen LogP contribution in [0.3, 0.4) is 0 Å². The molecule has 0 radical (unpaired) electrons. The highest BCUT2D eigenvalue weighted by Gasteiger charge is 2.15. The maximum atomic E-state index is 12.2. The van der Waals surface area contributed by atoms with E-state index in [1.165, 1.54) is 11.3 Å². The molecule has 3 N–H and O–H groups in total. The van der Waals surface area contributed by atoms with Crippen LogP contribution in [0.1, 0.15) is 25.7 Å². The van der Waals surface area contributed by atoms with E-state index >= 15 is 0 Å².